The SMILES string of the molecule is COc1ccc(N2C(=O)[C@@H]3[C@@H](ON(c4ccccc4C)[C@H]3c3cccnc3)C2=O)cc1. The number of hydrogen-bond donors (Lipinski definition) is 0. The number of fused-ring (bicyclic) bond motifs is 1. The fourth-order valence-corrected chi connectivity index (χ4v) is 4.31. The van der Waals surface area contributed by atoms with E-state index in [1.165, 1.54) is 4.90 Å². The maximum absolute atomic E-state index is 13.5. The predicted octanol–water partition coefficient (Wildman–Crippen LogP) is 3.45. The Morgan fingerprint density at radius 1 is 0.968 bits per heavy atom. The molecule has 3 atom stereocenters. The van der Waals surface area contributed by atoms with Gasteiger partial charge < -0.3 is 4.74 Å². The number of aromatic nitrogens is 1. The highest BCUT2D eigenvalue weighted by atomic mass is 16.7. The van der Waals surface area contributed by atoms with E-state index >= 15 is 0 Å². The summed E-state index contributed by atoms with van der Waals surface area (Å²) in [6.07, 6.45) is 2.50. The van der Waals surface area contributed by atoms with Crippen molar-refractivity contribution in [1.82, 2.24) is 4.98 Å². The molecule has 0 aliphatic carbocycles. The van der Waals surface area contributed by atoms with E-state index in [2.05, 4.69) is 4.98 Å². The van der Waals surface area contributed by atoms with Gasteiger partial charge in [-0.3, -0.25) is 19.4 Å². The Bertz CT molecular complexity index is 1130. The number of carbonyl (C=O) groups is 2. The number of nitrogens with zero attached hydrogens (tertiary/aromatic N) is 3. The van der Waals surface area contributed by atoms with E-state index in [1.54, 1.807) is 48.8 Å². The molecule has 2 aliphatic heterocycles. The van der Waals surface area contributed by atoms with Gasteiger partial charge in [0.15, 0.2) is 6.10 Å². The van der Waals surface area contributed by atoms with Crippen LogP contribution in [0, 0.1) is 12.8 Å². The first kappa shape index (κ1) is 19.3. The number of hydrogen-bond acceptors (Lipinski definition) is 6. The number of aryl methyl sites for hydroxylation is 1. The monoisotopic (exact) mass is 415 g/mol. The van der Waals surface area contributed by atoms with E-state index in [0.29, 0.717) is 11.4 Å². The fourth-order valence-electron chi connectivity index (χ4n) is 4.31. The summed E-state index contributed by atoms with van der Waals surface area (Å²) < 4.78 is 5.18. The number of rotatable bonds is 4. The molecule has 7 heteroatoms. The second-order valence-corrected chi connectivity index (χ2v) is 7.61. The Balaban J connectivity index is 1.57. The summed E-state index contributed by atoms with van der Waals surface area (Å²) >= 11 is 0. The van der Waals surface area contributed by atoms with Gasteiger partial charge in [0.05, 0.1) is 24.5 Å². The molecule has 3 heterocycles. The molecule has 0 spiro atoms. The first-order valence-corrected chi connectivity index (χ1v) is 10.0. The maximum atomic E-state index is 13.5. The number of imide groups is 1. The van der Waals surface area contributed by atoms with Crippen molar-refractivity contribution >= 4 is 23.2 Å². The molecule has 2 amide bonds. The minimum absolute atomic E-state index is 0.287. The van der Waals surface area contributed by atoms with Gasteiger partial charge in [-0.2, -0.15) is 0 Å². The lowest BCUT2D eigenvalue weighted by Crippen LogP contribution is -2.37. The normalized spacial score (nSPS) is 22.7. The molecule has 7 nitrogen and oxygen atoms in total. The fraction of sp³-hybridized carbons (Fsp3) is 0.208. The van der Waals surface area contributed by atoms with Crippen molar-refractivity contribution in [2.45, 2.75) is 19.1 Å². The van der Waals surface area contributed by atoms with Crippen molar-refractivity contribution in [3.8, 4) is 5.75 Å². The van der Waals surface area contributed by atoms with Gasteiger partial charge in [0.1, 0.15) is 11.7 Å². The van der Waals surface area contributed by atoms with E-state index in [0.717, 1.165) is 16.8 Å². The standard InChI is InChI=1S/C24H21N3O4/c1-15-6-3-4-8-19(15)27-21(16-7-5-13-25-14-16)20-22(31-27)24(29)26(23(20)28)17-9-11-18(30-2)12-10-17/h3-14,20-22H,1-2H3/t20-,21-,22+/m0/s1. The largest absolute Gasteiger partial charge is 0.497 e. The topological polar surface area (TPSA) is 72.0 Å². The van der Waals surface area contributed by atoms with E-state index < -0.39 is 18.1 Å². The van der Waals surface area contributed by atoms with E-state index in [-0.39, 0.29) is 11.8 Å². The van der Waals surface area contributed by atoms with Crippen LogP contribution in [0.25, 0.3) is 0 Å². The molecule has 156 valence electrons. The number of amides is 2. The van der Waals surface area contributed by atoms with Crippen LogP contribution in [0.15, 0.2) is 73.1 Å². The molecule has 2 aliphatic rings. The molecule has 0 radical (unpaired) electrons. The number of pyridine rings is 1. The van der Waals surface area contributed by atoms with Crippen molar-refractivity contribution in [2.75, 3.05) is 17.1 Å². The van der Waals surface area contributed by atoms with Crippen LogP contribution >= 0.6 is 0 Å². The number of para-hydroxylation sites is 1. The van der Waals surface area contributed by atoms with Gasteiger partial charge in [-0.1, -0.05) is 24.3 Å². The van der Waals surface area contributed by atoms with Gasteiger partial charge in [-0.05, 0) is 54.4 Å². The van der Waals surface area contributed by atoms with Crippen LogP contribution in [0.4, 0.5) is 11.4 Å². The van der Waals surface area contributed by atoms with Gasteiger partial charge in [0.25, 0.3) is 5.91 Å². The molecule has 0 unspecified atom stereocenters. The van der Waals surface area contributed by atoms with Gasteiger partial charge in [-0.25, -0.2) is 9.96 Å². The van der Waals surface area contributed by atoms with Crippen LogP contribution in [0.5, 0.6) is 5.75 Å². The Morgan fingerprint density at radius 2 is 1.74 bits per heavy atom. The summed E-state index contributed by atoms with van der Waals surface area (Å²) in [7, 11) is 1.57. The lowest BCUT2D eigenvalue weighted by Gasteiger charge is -2.29. The Morgan fingerprint density at radius 3 is 2.42 bits per heavy atom. The second kappa shape index (κ2) is 7.52. The van der Waals surface area contributed by atoms with Crippen molar-refractivity contribution in [3.05, 3.63) is 84.2 Å². The molecular formula is C24H21N3O4. The minimum atomic E-state index is -0.903. The van der Waals surface area contributed by atoms with Crippen LogP contribution in [-0.2, 0) is 14.4 Å². The van der Waals surface area contributed by atoms with Crippen LogP contribution < -0.4 is 14.7 Å². The zero-order valence-corrected chi connectivity index (χ0v) is 17.1. The summed E-state index contributed by atoms with van der Waals surface area (Å²) in [5, 5.41) is 1.70. The Hall–Kier alpha value is -3.71. The van der Waals surface area contributed by atoms with Gasteiger partial charge in [0, 0.05) is 12.4 Å². The highest BCUT2D eigenvalue weighted by Gasteiger charge is 2.60. The number of methoxy groups -OCH3 is 1. The third kappa shape index (κ3) is 3.05. The summed E-state index contributed by atoms with van der Waals surface area (Å²) in [6, 6.07) is 17.9. The van der Waals surface area contributed by atoms with Crippen molar-refractivity contribution in [3.63, 3.8) is 0 Å². The summed E-state index contributed by atoms with van der Waals surface area (Å²) in [4.78, 5) is 38.5. The van der Waals surface area contributed by atoms with E-state index in [1.807, 2.05) is 43.3 Å². The summed E-state index contributed by atoms with van der Waals surface area (Å²) in [5.74, 6) is -0.688. The first-order chi connectivity index (χ1) is 15.1. The molecule has 0 N–H and O–H groups in total. The number of hydroxylamine groups is 1. The van der Waals surface area contributed by atoms with Crippen LogP contribution in [-0.4, -0.2) is 30.0 Å². The molecule has 2 aromatic carbocycles. The average Bonchev–Trinajstić information content (AvgIpc) is 3.31. The quantitative estimate of drug-likeness (QED) is 0.608. The third-order valence-corrected chi connectivity index (χ3v) is 5.82. The van der Waals surface area contributed by atoms with Crippen LogP contribution in [0.3, 0.4) is 0 Å². The average molecular weight is 415 g/mol. The van der Waals surface area contributed by atoms with Gasteiger partial charge in [0.2, 0.25) is 5.91 Å². The van der Waals surface area contributed by atoms with Crippen LogP contribution in [0.1, 0.15) is 17.2 Å². The molecule has 2 saturated heterocycles. The Kier molecular flexibility index (Phi) is 4.67. The van der Waals surface area contributed by atoms with Crippen molar-refractivity contribution < 1.29 is 19.2 Å². The number of carbonyl (C=O) groups excluding carboxylic acids is 2. The predicted molar refractivity (Wildman–Crippen MR) is 114 cm³/mol. The van der Waals surface area contributed by atoms with Crippen molar-refractivity contribution in [1.29, 1.82) is 0 Å². The van der Waals surface area contributed by atoms with E-state index in [9.17, 15) is 9.59 Å². The molecule has 2 fully saturated rings. The molecule has 31 heavy (non-hydrogen) atoms. The molecule has 3 aromatic rings. The molecule has 0 saturated carbocycles. The van der Waals surface area contributed by atoms with Gasteiger partial charge >= 0.3 is 0 Å². The number of ether oxygens (including phenoxy) is 1. The highest BCUT2D eigenvalue weighted by molar-refractivity contribution is 6.23. The summed E-state index contributed by atoms with van der Waals surface area (Å²) in [5.41, 5.74) is 3.13. The maximum Gasteiger partial charge on any atom is 0.266 e. The highest BCUT2D eigenvalue weighted by Crippen LogP contribution is 2.48. The Labute approximate surface area is 179 Å². The zero-order valence-electron chi connectivity index (χ0n) is 17.1. The molecule has 5 rings (SSSR count). The summed E-state index contributed by atoms with van der Waals surface area (Å²) in [6.45, 7) is 1.97. The van der Waals surface area contributed by atoms with Crippen molar-refractivity contribution in [2.24, 2.45) is 5.92 Å². The number of anilines is 2. The molecule has 0 bridgehead atoms. The van der Waals surface area contributed by atoms with Gasteiger partial charge in [-0.15, -0.1) is 0 Å². The second-order valence-electron chi connectivity index (χ2n) is 7.61. The lowest BCUT2D eigenvalue weighted by atomic mass is 9.91. The minimum Gasteiger partial charge on any atom is -0.497 e. The van der Waals surface area contributed by atoms with E-state index in [4.69, 9.17) is 9.57 Å². The zero-order chi connectivity index (χ0) is 21.5. The first-order valence-electron chi connectivity index (χ1n) is 10.0. The molecule has 1 aromatic heterocycles. The number of benzene rings is 2. The molecular weight excluding hydrogens is 394 g/mol. The lowest BCUT2D eigenvalue weighted by molar-refractivity contribution is -0.126. The smallest absolute Gasteiger partial charge is 0.266 e. The third-order valence-electron chi connectivity index (χ3n) is 5.82. The van der Waals surface area contributed by atoms with Crippen LogP contribution in [0.2, 0.25) is 0 Å².